The number of aromatic nitrogens is 1. The van der Waals surface area contributed by atoms with Crippen LogP contribution >= 0.6 is 0 Å². The summed E-state index contributed by atoms with van der Waals surface area (Å²) in [5, 5.41) is 3.55. The Morgan fingerprint density at radius 2 is 1.77 bits per heavy atom. The monoisotopic (exact) mass is 413 g/mol. The first-order valence-corrected chi connectivity index (χ1v) is 10.8. The molecular formula is C26H27N3O2. The molecule has 1 fully saturated rings. The zero-order valence-corrected chi connectivity index (χ0v) is 18.5. The van der Waals surface area contributed by atoms with E-state index in [1.165, 1.54) is 5.69 Å². The van der Waals surface area contributed by atoms with E-state index < -0.39 is 0 Å². The van der Waals surface area contributed by atoms with Gasteiger partial charge in [0.1, 0.15) is 11.2 Å². The van der Waals surface area contributed by atoms with Crippen LogP contribution in [0.1, 0.15) is 25.0 Å². The normalized spacial score (nSPS) is 16.2. The number of para-hydroxylation sites is 2. The van der Waals surface area contributed by atoms with Crippen molar-refractivity contribution < 1.29 is 4.42 Å². The van der Waals surface area contributed by atoms with Crippen LogP contribution in [-0.2, 0) is 0 Å². The smallest absolute Gasteiger partial charge is 0.193 e. The summed E-state index contributed by atoms with van der Waals surface area (Å²) in [7, 11) is 0. The highest BCUT2D eigenvalue weighted by Gasteiger charge is 2.27. The number of hydrogen-bond acceptors (Lipinski definition) is 5. The van der Waals surface area contributed by atoms with Gasteiger partial charge in [-0.05, 0) is 63.1 Å². The van der Waals surface area contributed by atoms with Crippen LogP contribution in [0.4, 0.5) is 5.69 Å². The van der Waals surface area contributed by atoms with E-state index in [-0.39, 0.29) is 11.0 Å². The van der Waals surface area contributed by atoms with E-state index in [1.54, 1.807) is 0 Å². The minimum atomic E-state index is 0.00175. The van der Waals surface area contributed by atoms with Crippen molar-refractivity contribution in [3.63, 3.8) is 0 Å². The maximum absolute atomic E-state index is 13.3. The summed E-state index contributed by atoms with van der Waals surface area (Å²) in [4.78, 5) is 20.5. The molecule has 31 heavy (non-hydrogen) atoms. The Morgan fingerprint density at radius 1 is 1.03 bits per heavy atom. The van der Waals surface area contributed by atoms with Gasteiger partial charge in [-0.2, -0.15) is 0 Å². The molecule has 0 spiro atoms. The van der Waals surface area contributed by atoms with Gasteiger partial charge < -0.3 is 14.6 Å². The van der Waals surface area contributed by atoms with Gasteiger partial charge in [0, 0.05) is 36.4 Å². The van der Waals surface area contributed by atoms with Gasteiger partial charge >= 0.3 is 0 Å². The molecule has 2 aromatic rings. The first kappa shape index (κ1) is 19.8. The van der Waals surface area contributed by atoms with Gasteiger partial charge in [-0.15, -0.1) is 0 Å². The molecule has 1 saturated heterocycles. The average molecular weight is 414 g/mol. The quantitative estimate of drug-likeness (QED) is 0.480. The predicted octanol–water partition coefficient (Wildman–Crippen LogP) is 4.76. The molecule has 2 aromatic carbocycles. The molecule has 2 aliphatic heterocycles. The van der Waals surface area contributed by atoms with E-state index in [2.05, 4.69) is 36.2 Å². The van der Waals surface area contributed by atoms with Gasteiger partial charge in [0.15, 0.2) is 16.8 Å². The molecule has 0 aromatic heterocycles. The van der Waals surface area contributed by atoms with Crippen LogP contribution in [-0.4, -0.2) is 30.2 Å². The second-order valence-electron chi connectivity index (χ2n) is 9.09. The molecule has 158 valence electrons. The van der Waals surface area contributed by atoms with Crippen molar-refractivity contribution in [3.05, 3.63) is 69.9 Å². The maximum atomic E-state index is 13.3. The van der Waals surface area contributed by atoms with Crippen molar-refractivity contribution in [2.75, 3.05) is 24.5 Å². The van der Waals surface area contributed by atoms with Gasteiger partial charge in [-0.3, -0.25) is 4.79 Å². The van der Waals surface area contributed by atoms with Crippen LogP contribution in [0.15, 0.2) is 57.7 Å². The minimum absolute atomic E-state index is 0.00175. The first-order valence-electron chi connectivity index (χ1n) is 10.8. The lowest BCUT2D eigenvalue weighted by molar-refractivity contribution is 0.353. The fraction of sp³-hybridized carbons (Fsp3) is 0.308. The molecule has 1 aliphatic carbocycles. The first-order chi connectivity index (χ1) is 14.8. The Kier molecular flexibility index (Phi) is 4.59. The standard InChI is InChI=1S/C26H27N3O2/c1-16-17(2)24(30)22(25-23(16)28-20-7-5-6-8-21(20)31-25)18-9-11-19(12-10-18)29-14-13-27-26(3,4)15-29/h5-12,27H,13-15H2,1-4H3. The average Bonchev–Trinajstić information content (AvgIpc) is 2.76. The predicted molar refractivity (Wildman–Crippen MR) is 126 cm³/mol. The van der Waals surface area contributed by atoms with Crippen LogP contribution in [0.2, 0.25) is 0 Å². The third kappa shape index (κ3) is 3.39. The van der Waals surface area contributed by atoms with Gasteiger partial charge in [0.2, 0.25) is 0 Å². The molecule has 5 heteroatoms. The second kappa shape index (κ2) is 7.20. The van der Waals surface area contributed by atoms with Crippen molar-refractivity contribution in [2.24, 2.45) is 0 Å². The van der Waals surface area contributed by atoms with Crippen molar-refractivity contribution in [2.45, 2.75) is 33.2 Å². The fourth-order valence-electron chi connectivity index (χ4n) is 4.49. The Bertz CT molecular complexity index is 1300. The highest BCUT2D eigenvalue weighted by molar-refractivity contribution is 5.86. The number of anilines is 1. The molecular weight excluding hydrogens is 386 g/mol. The summed E-state index contributed by atoms with van der Waals surface area (Å²) in [5.41, 5.74) is 6.50. The number of benzene rings is 3. The van der Waals surface area contributed by atoms with Crippen LogP contribution in [0, 0.1) is 13.8 Å². The number of nitrogens with one attached hydrogen (secondary N) is 1. The molecule has 2 heterocycles. The van der Waals surface area contributed by atoms with Crippen LogP contribution < -0.4 is 15.6 Å². The lowest BCUT2D eigenvalue weighted by atomic mass is 9.93. The molecule has 0 unspecified atom stereocenters. The van der Waals surface area contributed by atoms with Crippen LogP contribution in [0.25, 0.3) is 33.7 Å². The molecule has 0 radical (unpaired) electrons. The number of hydrogen-bond donors (Lipinski definition) is 1. The van der Waals surface area contributed by atoms with E-state index in [1.807, 2.05) is 50.2 Å². The van der Waals surface area contributed by atoms with Crippen LogP contribution in [0.5, 0.6) is 0 Å². The van der Waals surface area contributed by atoms with Crippen molar-refractivity contribution in [3.8, 4) is 22.6 Å². The number of rotatable bonds is 2. The van der Waals surface area contributed by atoms with E-state index >= 15 is 0 Å². The summed E-state index contributed by atoms with van der Waals surface area (Å²) in [6, 6.07) is 15.9. The largest absolute Gasteiger partial charge is 0.452 e. The van der Waals surface area contributed by atoms with Gasteiger partial charge in [0.25, 0.3) is 0 Å². The molecule has 0 amide bonds. The Morgan fingerprint density at radius 3 is 2.52 bits per heavy atom. The zero-order chi connectivity index (χ0) is 21.8. The molecule has 1 N–H and O–H groups in total. The molecule has 0 atom stereocenters. The van der Waals surface area contributed by atoms with E-state index in [4.69, 9.17) is 9.40 Å². The third-order valence-corrected chi connectivity index (χ3v) is 6.33. The van der Waals surface area contributed by atoms with Gasteiger partial charge in [0.05, 0.1) is 5.56 Å². The second-order valence-corrected chi connectivity index (χ2v) is 9.09. The van der Waals surface area contributed by atoms with E-state index in [9.17, 15) is 4.79 Å². The number of fused-ring (bicyclic) bond motifs is 2. The highest BCUT2D eigenvalue weighted by Crippen LogP contribution is 2.36. The third-order valence-electron chi connectivity index (χ3n) is 6.33. The zero-order valence-electron chi connectivity index (χ0n) is 18.5. The number of piperazine rings is 1. The summed E-state index contributed by atoms with van der Waals surface area (Å²) in [6.45, 7) is 11.1. The lowest BCUT2D eigenvalue weighted by Gasteiger charge is -2.40. The van der Waals surface area contributed by atoms with Crippen molar-refractivity contribution in [1.29, 1.82) is 0 Å². The Hall–Kier alpha value is -3.18. The topological polar surface area (TPSA) is 58.4 Å². The minimum Gasteiger partial charge on any atom is -0.452 e. The SMILES string of the molecule is Cc1c2nc3ccccc3oc-2c(-c2ccc(N3CCNC(C)(C)C3)cc2)c(=O)c1C. The molecule has 0 bridgehead atoms. The molecule has 5 rings (SSSR count). The summed E-state index contributed by atoms with van der Waals surface area (Å²) in [5.74, 6) is 0.558. The van der Waals surface area contributed by atoms with Gasteiger partial charge in [-0.25, -0.2) is 4.98 Å². The number of nitrogens with zero attached hydrogens (tertiary/aromatic N) is 2. The van der Waals surface area contributed by atoms with Crippen molar-refractivity contribution >= 4 is 16.8 Å². The fourth-order valence-corrected chi connectivity index (χ4v) is 4.49. The van der Waals surface area contributed by atoms with E-state index in [0.717, 1.165) is 42.0 Å². The summed E-state index contributed by atoms with van der Waals surface area (Å²) in [6.07, 6.45) is 0. The summed E-state index contributed by atoms with van der Waals surface area (Å²) >= 11 is 0. The molecule has 3 aliphatic rings. The molecule has 5 nitrogen and oxygen atoms in total. The highest BCUT2D eigenvalue weighted by atomic mass is 16.3. The van der Waals surface area contributed by atoms with Crippen molar-refractivity contribution in [1.82, 2.24) is 10.3 Å². The van der Waals surface area contributed by atoms with Gasteiger partial charge in [-0.1, -0.05) is 24.3 Å². The lowest BCUT2D eigenvalue weighted by Crippen LogP contribution is -2.57. The van der Waals surface area contributed by atoms with E-state index in [0.29, 0.717) is 22.5 Å². The molecule has 0 saturated carbocycles. The Balaban J connectivity index is 1.65. The Labute approximate surface area is 182 Å². The van der Waals surface area contributed by atoms with Crippen LogP contribution in [0.3, 0.4) is 0 Å². The maximum Gasteiger partial charge on any atom is 0.193 e. The summed E-state index contributed by atoms with van der Waals surface area (Å²) < 4.78 is 6.24.